The molecular weight excluding hydrogens is 1370 g/mol. The summed E-state index contributed by atoms with van der Waals surface area (Å²) >= 11 is 24.3. The van der Waals surface area contributed by atoms with Gasteiger partial charge in [-0.25, -0.2) is 34.3 Å². The fraction of sp³-hybridized carbons (Fsp3) is 0.230. The molecule has 0 fully saturated rings. The van der Waals surface area contributed by atoms with E-state index in [-0.39, 0.29) is 61.9 Å². The zero-order valence-electron chi connectivity index (χ0n) is 56.0. The summed E-state index contributed by atoms with van der Waals surface area (Å²) in [6.07, 6.45) is 5.51. The van der Waals surface area contributed by atoms with Crippen LogP contribution < -0.4 is 26.6 Å². The Labute approximate surface area is 602 Å². The molecule has 13 N–H and O–H groups in total. The van der Waals surface area contributed by atoms with Crippen molar-refractivity contribution in [1.82, 2.24) is 60.8 Å². The van der Waals surface area contributed by atoms with E-state index >= 15 is 0 Å². The molecule has 0 bridgehead atoms. The van der Waals surface area contributed by atoms with E-state index in [1.165, 1.54) is 24.4 Å². The highest BCUT2D eigenvalue weighted by molar-refractivity contribution is 6.33. The fourth-order valence-electron chi connectivity index (χ4n) is 11.4. The van der Waals surface area contributed by atoms with Crippen molar-refractivity contribution in [3.8, 4) is 45.2 Å². The van der Waals surface area contributed by atoms with E-state index < -0.39 is 29.8 Å². The van der Waals surface area contributed by atoms with Crippen LogP contribution in [-0.2, 0) is 6.61 Å². The Morgan fingerprint density at radius 1 is 0.505 bits per heavy atom. The zero-order chi connectivity index (χ0) is 72.6. The second-order valence-electron chi connectivity index (χ2n) is 23.5. The van der Waals surface area contributed by atoms with Crippen molar-refractivity contribution in [1.29, 1.82) is 0 Å². The molecule has 0 saturated heterocycles. The molecule has 101 heavy (non-hydrogen) atoms. The van der Waals surface area contributed by atoms with Crippen molar-refractivity contribution in [2.45, 2.75) is 85.7 Å². The Morgan fingerprint density at radius 3 is 1.42 bits per heavy atom. The molecular formula is C74H75Cl4FN14O8. The van der Waals surface area contributed by atoms with Gasteiger partial charge in [-0.05, 0) is 148 Å². The predicted molar refractivity (Wildman–Crippen MR) is 391 cm³/mol. The smallest absolute Gasteiger partial charge is 0.268 e. The highest BCUT2D eigenvalue weighted by Gasteiger charge is 2.28. The molecule has 11 aromatic rings. The van der Waals surface area contributed by atoms with E-state index in [1.807, 2.05) is 84.0 Å². The van der Waals surface area contributed by atoms with Crippen LogP contribution in [0.15, 0.2) is 152 Å². The second kappa shape index (κ2) is 34.9. The summed E-state index contributed by atoms with van der Waals surface area (Å²) in [6.45, 7) is 11.8. The first-order valence-corrected chi connectivity index (χ1v) is 33.5. The van der Waals surface area contributed by atoms with E-state index in [2.05, 4.69) is 66.5 Å². The maximum atomic E-state index is 13.3. The molecule has 5 aromatic carbocycles. The van der Waals surface area contributed by atoms with Crippen LogP contribution in [0.3, 0.4) is 0 Å². The lowest BCUT2D eigenvalue weighted by Crippen LogP contribution is -2.31. The second-order valence-corrected chi connectivity index (χ2v) is 25.2. The van der Waals surface area contributed by atoms with E-state index in [0.717, 1.165) is 44.9 Å². The molecule has 0 radical (unpaired) electrons. The molecule has 11 rings (SSSR count). The maximum absolute atomic E-state index is 13.3. The number of rotatable bonds is 23. The predicted octanol–water partition coefficient (Wildman–Crippen LogP) is 13.5. The molecule has 0 aliphatic heterocycles. The minimum absolute atomic E-state index is 0.0673. The summed E-state index contributed by atoms with van der Waals surface area (Å²) < 4.78 is 13.3. The zero-order valence-corrected chi connectivity index (χ0v) is 59.0. The lowest BCUT2D eigenvalue weighted by molar-refractivity contribution is 0.0904. The third kappa shape index (κ3) is 18.6. The Morgan fingerprint density at radius 2 is 0.970 bits per heavy atom. The van der Waals surface area contributed by atoms with Gasteiger partial charge in [0, 0.05) is 78.6 Å². The summed E-state index contributed by atoms with van der Waals surface area (Å²) in [6, 6.07) is 36.3. The number of nitrogens with zero attached hydrogens (tertiary/aromatic N) is 6. The summed E-state index contributed by atoms with van der Waals surface area (Å²) in [7, 11) is 0. The minimum Gasteiger partial charge on any atom is -0.394 e. The molecule has 3 amide bonds. The number of anilines is 3. The molecule has 0 aliphatic rings. The van der Waals surface area contributed by atoms with E-state index in [1.54, 1.807) is 92.1 Å². The van der Waals surface area contributed by atoms with Gasteiger partial charge in [-0.3, -0.25) is 14.4 Å². The van der Waals surface area contributed by atoms with Gasteiger partial charge in [0.05, 0.1) is 85.0 Å². The molecule has 4 atom stereocenters. The Kier molecular flexibility index (Phi) is 26.0. The third-order valence-corrected chi connectivity index (χ3v) is 17.6. The average molecular weight is 1450 g/mol. The van der Waals surface area contributed by atoms with Crippen LogP contribution in [0.25, 0.3) is 45.2 Å². The standard InChI is InChI=1S/C25H22Cl2FN5O2.C25H23ClN4O2.C24H30ClN5O4/c1-13-22(20-8-9-29-25(33-20)32-19-7-6-17(28)11-18(19)27)14(2)30-23(13)24(35)31-21(12-34)15-4-3-5-16(26)10-15;1-15-22(20-11-12-27-24(29-20)17-7-4-3-5-8-17)16(2)28-23(15)25(32)30-21(14-31)18-9-6-10-19(26)13-18;1-4-18(11-32)28-24-26-9-16(10-31)22(30-24)20-13(2)21(27-14(20)3)23(34)29-19(12-33)15-6-5-7-17(25)8-15/h3-11,21,30,34H,12H2,1-2H3,(H,31,35)(H,29,32,33);3-13,21,28,31H,14H2,1-2H3,(H,30,32);5-9,18-19,27,31-33H,4,10-12H2,1-3H3,(H,29,34)(H,26,28,30)/t2*21-;18-,19+/m110/s1. The van der Waals surface area contributed by atoms with Crippen LogP contribution >= 0.6 is 46.4 Å². The van der Waals surface area contributed by atoms with Crippen molar-refractivity contribution in [2.24, 2.45) is 0 Å². The maximum Gasteiger partial charge on any atom is 0.268 e. The number of benzene rings is 5. The minimum atomic E-state index is -0.634. The first kappa shape index (κ1) is 75.3. The van der Waals surface area contributed by atoms with E-state index in [4.69, 9.17) is 51.4 Å². The number of nitrogens with one attached hydrogen (secondary N) is 8. The molecule has 0 saturated carbocycles. The number of aryl methyl sites for hydroxylation is 3. The number of aliphatic hydroxyl groups excluding tert-OH is 5. The molecule has 0 spiro atoms. The first-order chi connectivity index (χ1) is 48.6. The summed E-state index contributed by atoms with van der Waals surface area (Å²) in [5, 5.41) is 65.3. The molecule has 0 aliphatic carbocycles. The Hall–Kier alpha value is -9.92. The van der Waals surface area contributed by atoms with Gasteiger partial charge >= 0.3 is 0 Å². The number of hydrogen-bond donors (Lipinski definition) is 13. The molecule has 524 valence electrons. The van der Waals surface area contributed by atoms with Crippen LogP contribution in [-0.4, -0.2) is 121 Å². The van der Waals surface area contributed by atoms with Crippen LogP contribution in [0.4, 0.5) is 22.0 Å². The average Bonchev–Trinajstić information content (AvgIpc) is 1.69. The summed E-state index contributed by atoms with van der Waals surface area (Å²) in [5.41, 5.74) is 13.6. The van der Waals surface area contributed by atoms with Gasteiger partial charge < -0.3 is 67.1 Å². The number of hydrogen-bond acceptors (Lipinski definition) is 16. The van der Waals surface area contributed by atoms with Gasteiger partial charge in [-0.2, -0.15) is 0 Å². The Balaban J connectivity index is 0.000000177. The third-order valence-electron chi connectivity index (χ3n) is 16.6. The first-order valence-electron chi connectivity index (χ1n) is 31.9. The van der Waals surface area contributed by atoms with Crippen LogP contribution in [0, 0.1) is 47.4 Å². The summed E-state index contributed by atoms with van der Waals surface area (Å²) in [5.74, 6) is -0.317. The van der Waals surface area contributed by atoms with Gasteiger partial charge in [0.2, 0.25) is 11.9 Å². The van der Waals surface area contributed by atoms with Crippen molar-refractivity contribution in [3.05, 3.63) is 251 Å². The highest BCUT2D eigenvalue weighted by Crippen LogP contribution is 2.35. The van der Waals surface area contributed by atoms with Crippen LogP contribution in [0.1, 0.15) is 119 Å². The van der Waals surface area contributed by atoms with Gasteiger partial charge in [-0.15, -0.1) is 0 Å². The number of aliphatic hydroxyl groups is 5. The van der Waals surface area contributed by atoms with Gasteiger partial charge in [0.1, 0.15) is 22.9 Å². The Bertz CT molecular complexity index is 4720. The van der Waals surface area contributed by atoms with Gasteiger partial charge in [-0.1, -0.05) is 120 Å². The quantitative estimate of drug-likeness (QED) is 0.0283. The summed E-state index contributed by atoms with van der Waals surface area (Å²) in [4.78, 5) is 75.4. The lowest BCUT2D eigenvalue weighted by Gasteiger charge is -2.17. The monoisotopic (exact) mass is 1450 g/mol. The number of aromatic amines is 3. The van der Waals surface area contributed by atoms with Crippen molar-refractivity contribution < 1.29 is 44.3 Å². The number of amides is 3. The molecule has 27 heteroatoms. The van der Waals surface area contributed by atoms with Crippen molar-refractivity contribution in [3.63, 3.8) is 0 Å². The highest BCUT2D eigenvalue weighted by atomic mass is 35.5. The van der Waals surface area contributed by atoms with Crippen molar-refractivity contribution >= 4 is 81.7 Å². The lowest BCUT2D eigenvalue weighted by atomic mass is 10.0. The number of carbonyl (C=O) groups is 3. The van der Waals surface area contributed by atoms with Crippen LogP contribution in [0.2, 0.25) is 20.1 Å². The van der Waals surface area contributed by atoms with Gasteiger partial charge in [0.15, 0.2) is 5.82 Å². The molecule has 6 aromatic heterocycles. The number of aromatic nitrogens is 9. The largest absolute Gasteiger partial charge is 0.394 e. The molecule has 6 heterocycles. The van der Waals surface area contributed by atoms with Gasteiger partial charge in [0.25, 0.3) is 17.7 Å². The normalized spacial score (nSPS) is 12.2. The SMILES string of the molecule is CC[C@@H](CO)Nc1ncc(CO)c(-c2c(C)[nH]c(C(=O)N[C@H](CO)c3cccc(Cl)c3)c2C)n1.Cc1[nH]c(C(=O)N[C@H](CO)c2cccc(Cl)c2)c(C)c1-c1ccnc(-c2ccccc2)n1.Cc1[nH]c(C(=O)N[C@H](CO)c2cccc(Cl)c2)c(C)c1-c1ccnc(Nc2ccc(F)cc2Cl)n1. The number of H-pyrrole nitrogens is 3. The van der Waals surface area contributed by atoms with E-state index in [9.17, 15) is 44.3 Å². The number of carbonyl (C=O) groups excluding carboxylic acids is 3. The molecule has 22 nitrogen and oxygen atoms in total. The topological polar surface area (TPSA) is 337 Å². The molecule has 0 unspecified atom stereocenters. The van der Waals surface area contributed by atoms with E-state index in [0.29, 0.717) is 106 Å². The number of halogens is 5. The van der Waals surface area contributed by atoms with Crippen molar-refractivity contribution in [2.75, 3.05) is 37.1 Å². The van der Waals surface area contributed by atoms with Crippen LogP contribution in [0.5, 0.6) is 0 Å². The fourth-order valence-corrected chi connectivity index (χ4v) is 12.2.